The number of hydrogen-bond donors (Lipinski definition) is 0. The first kappa shape index (κ1) is 22.8. The summed E-state index contributed by atoms with van der Waals surface area (Å²) in [5, 5.41) is 4.83. The van der Waals surface area contributed by atoms with Crippen LogP contribution in [0.3, 0.4) is 0 Å². The normalized spacial score (nSPS) is 12.5. The number of benzene rings is 1. The van der Waals surface area contributed by atoms with Crippen LogP contribution in [-0.4, -0.2) is 45.5 Å². The maximum atomic E-state index is 12.8. The lowest BCUT2D eigenvalue weighted by Crippen LogP contribution is -2.30. The van der Waals surface area contributed by atoms with E-state index in [4.69, 9.17) is 9.51 Å². The molecule has 8 nitrogen and oxygen atoms in total. The third-order valence-corrected chi connectivity index (χ3v) is 7.78. The molecule has 0 unspecified atom stereocenters. The minimum absolute atomic E-state index is 0.270. The van der Waals surface area contributed by atoms with Gasteiger partial charge in [0.15, 0.2) is 11.0 Å². The molecule has 0 atom stereocenters. The van der Waals surface area contributed by atoms with E-state index >= 15 is 0 Å². The Morgan fingerprint density at radius 2 is 1.90 bits per heavy atom. The van der Waals surface area contributed by atoms with Gasteiger partial charge in [0, 0.05) is 26.1 Å². The van der Waals surface area contributed by atoms with Crippen molar-refractivity contribution < 1.29 is 12.9 Å². The van der Waals surface area contributed by atoms with Gasteiger partial charge in [-0.2, -0.15) is 9.29 Å². The predicted molar refractivity (Wildman–Crippen MR) is 118 cm³/mol. The molecule has 0 aliphatic rings. The standard InChI is InChI=1S/C20H29N5O3S2/c1-6-24(7-2)30(26,27)15-9-10-17-16(12-15)21-20(25(17)8-3)29-13-19-22-18(23-28-19)11-14(4)5/h9-10,12,14H,6-8,11,13H2,1-5H3. The Balaban J connectivity index is 1.86. The van der Waals surface area contributed by atoms with Crippen LogP contribution in [0.1, 0.15) is 46.3 Å². The number of thioether (sulfide) groups is 1. The zero-order chi connectivity index (χ0) is 21.9. The molecule has 3 aromatic rings. The number of sulfonamides is 1. The van der Waals surface area contributed by atoms with Crippen LogP contribution in [0.2, 0.25) is 0 Å². The zero-order valence-electron chi connectivity index (χ0n) is 18.1. The van der Waals surface area contributed by atoms with Crippen molar-refractivity contribution in [2.45, 2.75) is 63.4 Å². The Morgan fingerprint density at radius 3 is 2.53 bits per heavy atom. The molecule has 10 heteroatoms. The minimum Gasteiger partial charge on any atom is -0.338 e. The van der Waals surface area contributed by atoms with E-state index in [-0.39, 0.29) is 4.90 Å². The maximum Gasteiger partial charge on any atom is 0.243 e. The molecule has 0 amide bonds. The number of hydrogen-bond acceptors (Lipinski definition) is 7. The second-order valence-corrected chi connectivity index (χ2v) is 10.2. The van der Waals surface area contributed by atoms with Crippen molar-refractivity contribution in [3.8, 4) is 0 Å². The van der Waals surface area contributed by atoms with Crippen molar-refractivity contribution in [1.82, 2.24) is 24.0 Å². The first-order valence-electron chi connectivity index (χ1n) is 10.2. The highest BCUT2D eigenvalue weighted by molar-refractivity contribution is 7.98. The molecule has 0 radical (unpaired) electrons. The van der Waals surface area contributed by atoms with Crippen LogP contribution in [0, 0.1) is 5.92 Å². The van der Waals surface area contributed by atoms with Crippen molar-refractivity contribution in [2.24, 2.45) is 5.92 Å². The summed E-state index contributed by atoms with van der Waals surface area (Å²) in [6.45, 7) is 11.5. The van der Waals surface area contributed by atoms with Gasteiger partial charge in [-0.15, -0.1) is 0 Å². The summed E-state index contributed by atoms with van der Waals surface area (Å²) in [7, 11) is -3.52. The van der Waals surface area contributed by atoms with E-state index in [9.17, 15) is 8.42 Å². The van der Waals surface area contributed by atoms with E-state index in [2.05, 4.69) is 28.6 Å². The second-order valence-electron chi connectivity index (χ2n) is 7.37. The SMILES string of the molecule is CCN(CC)S(=O)(=O)c1ccc2c(c1)nc(SCc1nc(CC(C)C)no1)n2CC. The number of nitrogens with zero attached hydrogens (tertiary/aromatic N) is 5. The molecule has 0 saturated heterocycles. The molecule has 2 heterocycles. The van der Waals surface area contributed by atoms with Crippen LogP contribution in [0.15, 0.2) is 32.8 Å². The molecule has 0 aliphatic carbocycles. The second kappa shape index (κ2) is 9.49. The molecule has 2 aromatic heterocycles. The fourth-order valence-corrected chi connectivity index (χ4v) is 5.69. The quantitative estimate of drug-likeness (QED) is 0.431. The minimum atomic E-state index is -3.52. The summed E-state index contributed by atoms with van der Waals surface area (Å²) in [4.78, 5) is 9.40. The highest BCUT2D eigenvalue weighted by Crippen LogP contribution is 2.29. The maximum absolute atomic E-state index is 12.8. The van der Waals surface area contributed by atoms with Crippen molar-refractivity contribution >= 4 is 32.8 Å². The highest BCUT2D eigenvalue weighted by atomic mass is 32.2. The molecule has 0 aliphatic heterocycles. The van der Waals surface area contributed by atoms with Gasteiger partial charge in [0.25, 0.3) is 0 Å². The fraction of sp³-hybridized carbons (Fsp3) is 0.550. The molecule has 3 rings (SSSR count). The first-order chi connectivity index (χ1) is 14.3. The van der Waals surface area contributed by atoms with Gasteiger partial charge in [-0.1, -0.05) is 44.6 Å². The molecule has 164 valence electrons. The lowest BCUT2D eigenvalue weighted by Gasteiger charge is -2.18. The predicted octanol–water partition coefficient (Wildman–Crippen LogP) is 3.96. The average Bonchev–Trinajstić information content (AvgIpc) is 3.29. The largest absolute Gasteiger partial charge is 0.338 e. The summed E-state index contributed by atoms with van der Waals surface area (Å²) in [6, 6.07) is 5.15. The molecule has 1 aromatic carbocycles. The van der Waals surface area contributed by atoms with Crippen molar-refractivity contribution in [1.29, 1.82) is 0 Å². The zero-order valence-corrected chi connectivity index (χ0v) is 19.8. The van der Waals surface area contributed by atoms with Gasteiger partial charge in [0.05, 0.1) is 21.7 Å². The van der Waals surface area contributed by atoms with Crippen LogP contribution in [-0.2, 0) is 28.7 Å². The summed E-state index contributed by atoms with van der Waals surface area (Å²) >= 11 is 1.51. The van der Waals surface area contributed by atoms with E-state index < -0.39 is 10.0 Å². The first-order valence-corrected chi connectivity index (χ1v) is 12.7. The topological polar surface area (TPSA) is 94.1 Å². The molecular formula is C20H29N5O3S2. The summed E-state index contributed by atoms with van der Waals surface area (Å²) < 4.78 is 34.6. The van der Waals surface area contributed by atoms with Crippen LogP contribution in [0.4, 0.5) is 0 Å². The van der Waals surface area contributed by atoms with E-state index in [1.807, 2.05) is 26.8 Å². The van der Waals surface area contributed by atoms with E-state index in [1.165, 1.54) is 16.1 Å². The van der Waals surface area contributed by atoms with Gasteiger partial charge in [-0.05, 0) is 31.0 Å². The highest BCUT2D eigenvalue weighted by Gasteiger charge is 2.23. The van der Waals surface area contributed by atoms with Gasteiger partial charge < -0.3 is 9.09 Å². The number of imidazole rings is 1. The van der Waals surface area contributed by atoms with Gasteiger partial charge in [-0.3, -0.25) is 0 Å². The van der Waals surface area contributed by atoms with Crippen molar-refractivity contribution in [3.63, 3.8) is 0 Å². The Morgan fingerprint density at radius 1 is 1.17 bits per heavy atom. The number of rotatable bonds is 10. The van der Waals surface area contributed by atoms with E-state index in [1.54, 1.807) is 12.1 Å². The fourth-order valence-electron chi connectivity index (χ4n) is 3.30. The molecule has 0 fully saturated rings. The monoisotopic (exact) mass is 451 g/mol. The third kappa shape index (κ3) is 4.70. The Labute approximate surface area is 182 Å². The van der Waals surface area contributed by atoms with Gasteiger partial charge in [-0.25, -0.2) is 13.4 Å². The van der Waals surface area contributed by atoms with Gasteiger partial charge >= 0.3 is 0 Å². The number of fused-ring (bicyclic) bond motifs is 1. The Hall–Kier alpha value is -1.91. The summed E-state index contributed by atoms with van der Waals surface area (Å²) in [5.41, 5.74) is 1.57. The van der Waals surface area contributed by atoms with Crippen molar-refractivity contribution in [3.05, 3.63) is 29.9 Å². The molecule has 30 heavy (non-hydrogen) atoms. The molecular weight excluding hydrogens is 422 g/mol. The molecule has 0 saturated carbocycles. The van der Waals surface area contributed by atoms with Crippen LogP contribution >= 0.6 is 11.8 Å². The average molecular weight is 452 g/mol. The Bertz CT molecular complexity index is 1100. The van der Waals surface area contributed by atoms with Crippen LogP contribution in [0.25, 0.3) is 11.0 Å². The van der Waals surface area contributed by atoms with Crippen LogP contribution < -0.4 is 0 Å². The van der Waals surface area contributed by atoms with Gasteiger partial charge in [0.1, 0.15) is 0 Å². The smallest absolute Gasteiger partial charge is 0.243 e. The van der Waals surface area contributed by atoms with E-state index in [0.29, 0.717) is 36.2 Å². The van der Waals surface area contributed by atoms with Crippen molar-refractivity contribution in [2.75, 3.05) is 13.1 Å². The lowest BCUT2D eigenvalue weighted by molar-refractivity contribution is 0.382. The number of aryl methyl sites for hydroxylation is 1. The van der Waals surface area contributed by atoms with Gasteiger partial charge in [0.2, 0.25) is 15.9 Å². The summed E-state index contributed by atoms with van der Waals surface area (Å²) in [6.07, 6.45) is 0.783. The molecule has 0 N–H and O–H groups in total. The molecule has 0 spiro atoms. The van der Waals surface area contributed by atoms with E-state index in [0.717, 1.165) is 29.5 Å². The number of aromatic nitrogens is 4. The summed E-state index contributed by atoms with van der Waals surface area (Å²) in [5.74, 6) is 2.26. The molecule has 0 bridgehead atoms. The Kier molecular flexibility index (Phi) is 7.20. The third-order valence-electron chi connectivity index (χ3n) is 4.77. The lowest BCUT2D eigenvalue weighted by atomic mass is 10.1. The van der Waals surface area contributed by atoms with Crippen LogP contribution in [0.5, 0.6) is 0 Å².